The third-order valence-corrected chi connectivity index (χ3v) is 4.45. The molecule has 0 aliphatic carbocycles. The molecule has 1 aliphatic heterocycles. The molecule has 0 unspecified atom stereocenters. The lowest BCUT2D eigenvalue weighted by atomic mass is 10.2. The summed E-state index contributed by atoms with van der Waals surface area (Å²) in [7, 11) is 1.71. The molecule has 7 heteroatoms. The maximum absolute atomic E-state index is 12.9. The second-order valence-corrected chi connectivity index (χ2v) is 6.27. The van der Waals surface area contributed by atoms with Crippen molar-refractivity contribution >= 4 is 23.2 Å². The van der Waals surface area contributed by atoms with Crippen molar-refractivity contribution < 1.29 is 9.18 Å². The quantitative estimate of drug-likeness (QED) is 0.641. The summed E-state index contributed by atoms with van der Waals surface area (Å²) in [4.78, 5) is 20.9. The van der Waals surface area contributed by atoms with Gasteiger partial charge in [0.1, 0.15) is 5.82 Å². The first kappa shape index (κ1) is 18.7. The molecule has 3 rings (SSSR count). The highest BCUT2D eigenvalue weighted by Crippen LogP contribution is 2.15. The Labute approximate surface area is 158 Å². The Balaban J connectivity index is 1.47. The molecule has 0 radical (unpaired) electrons. The average molecular weight is 369 g/mol. The summed E-state index contributed by atoms with van der Waals surface area (Å²) in [5, 5.41) is 5.83. The van der Waals surface area contributed by atoms with Gasteiger partial charge in [0.2, 0.25) is 5.91 Å². The summed E-state index contributed by atoms with van der Waals surface area (Å²) in [5.74, 6) is 0.170. The summed E-state index contributed by atoms with van der Waals surface area (Å²) < 4.78 is 12.9. The molecule has 1 aliphatic rings. The summed E-state index contributed by atoms with van der Waals surface area (Å²) in [5.41, 5.74) is 1.79. The van der Waals surface area contributed by atoms with E-state index in [1.807, 2.05) is 18.2 Å². The SMILES string of the molecule is CN=C(NCC(=O)Nc1ccc(F)cc1)N1CCN(c2ccccc2)CC1. The zero-order valence-corrected chi connectivity index (χ0v) is 15.4. The molecule has 0 spiro atoms. The molecule has 2 aromatic rings. The highest BCUT2D eigenvalue weighted by atomic mass is 19.1. The van der Waals surface area contributed by atoms with Crippen LogP contribution >= 0.6 is 0 Å². The number of rotatable bonds is 4. The van der Waals surface area contributed by atoms with Crippen molar-refractivity contribution in [2.75, 3.05) is 50.0 Å². The molecule has 1 heterocycles. The number of hydrogen-bond acceptors (Lipinski definition) is 3. The van der Waals surface area contributed by atoms with Crippen LogP contribution in [-0.4, -0.2) is 56.5 Å². The van der Waals surface area contributed by atoms with Gasteiger partial charge in [0, 0.05) is 44.6 Å². The highest BCUT2D eigenvalue weighted by molar-refractivity contribution is 5.95. The van der Waals surface area contributed by atoms with Gasteiger partial charge in [-0.05, 0) is 36.4 Å². The maximum atomic E-state index is 12.9. The van der Waals surface area contributed by atoms with Crippen molar-refractivity contribution in [2.24, 2.45) is 4.99 Å². The van der Waals surface area contributed by atoms with E-state index in [2.05, 4.69) is 37.6 Å². The van der Waals surface area contributed by atoms with E-state index in [-0.39, 0.29) is 18.3 Å². The Kier molecular flexibility index (Phi) is 6.25. The number of hydrogen-bond donors (Lipinski definition) is 2. The van der Waals surface area contributed by atoms with Crippen LogP contribution in [0.2, 0.25) is 0 Å². The van der Waals surface area contributed by atoms with Crippen molar-refractivity contribution in [1.82, 2.24) is 10.2 Å². The Hall–Kier alpha value is -3.09. The largest absolute Gasteiger partial charge is 0.368 e. The molecule has 1 saturated heterocycles. The van der Waals surface area contributed by atoms with Gasteiger partial charge in [0.25, 0.3) is 0 Å². The minimum Gasteiger partial charge on any atom is -0.368 e. The topological polar surface area (TPSA) is 60.0 Å². The molecule has 142 valence electrons. The molecule has 1 amide bonds. The van der Waals surface area contributed by atoms with Crippen molar-refractivity contribution in [3.8, 4) is 0 Å². The van der Waals surface area contributed by atoms with Crippen LogP contribution in [0.4, 0.5) is 15.8 Å². The van der Waals surface area contributed by atoms with Crippen LogP contribution in [0.3, 0.4) is 0 Å². The van der Waals surface area contributed by atoms with Gasteiger partial charge in [0.05, 0.1) is 6.54 Å². The first-order chi connectivity index (χ1) is 13.2. The second-order valence-electron chi connectivity index (χ2n) is 6.27. The van der Waals surface area contributed by atoms with E-state index in [1.54, 1.807) is 7.05 Å². The fourth-order valence-electron chi connectivity index (χ4n) is 3.05. The lowest BCUT2D eigenvalue weighted by Gasteiger charge is -2.37. The Morgan fingerprint density at radius 2 is 1.70 bits per heavy atom. The Bertz CT molecular complexity index is 771. The standard InChI is InChI=1S/C20H24FN5O/c1-22-20(23-15-19(27)24-17-9-7-16(21)8-10-17)26-13-11-25(12-14-26)18-5-3-2-4-6-18/h2-10H,11-15H2,1H3,(H,22,23)(H,24,27). The zero-order valence-electron chi connectivity index (χ0n) is 15.4. The third kappa shape index (κ3) is 5.20. The van der Waals surface area contributed by atoms with Gasteiger partial charge in [-0.2, -0.15) is 0 Å². The van der Waals surface area contributed by atoms with Gasteiger partial charge in [-0.3, -0.25) is 9.79 Å². The van der Waals surface area contributed by atoms with E-state index >= 15 is 0 Å². The molecule has 0 saturated carbocycles. The summed E-state index contributed by atoms with van der Waals surface area (Å²) >= 11 is 0. The number of guanidine groups is 1. The highest BCUT2D eigenvalue weighted by Gasteiger charge is 2.20. The molecular weight excluding hydrogens is 345 g/mol. The van der Waals surface area contributed by atoms with Gasteiger partial charge < -0.3 is 20.4 Å². The number of anilines is 2. The second kappa shape index (κ2) is 9.02. The number of carbonyl (C=O) groups excluding carboxylic acids is 1. The van der Waals surface area contributed by atoms with E-state index < -0.39 is 0 Å². The smallest absolute Gasteiger partial charge is 0.243 e. The number of halogens is 1. The molecule has 1 fully saturated rings. The molecule has 27 heavy (non-hydrogen) atoms. The average Bonchev–Trinajstić information content (AvgIpc) is 2.71. The van der Waals surface area contributed by atoms with E-state index in [4.69, 9.17) is 0 Å². The van der Waals surface area contributed by atoms with E-state index in [0.29, 0.717) is 11.6 Å². The van der Waals surface area contributed by atoms with Crippen molar-refractivity contribution in [1.29, 1.82) is 0 Å². The fraction of sp³-hybridized carbons (Fsp3) is 0.300. The molecular formula is C20H24FN5O. The van der Waals surface area contributed by atoms with Crippen LogP contribution in [0.5, 0.6) is 0 Å². The van der Waals surface area contributed by atoms with Crippen molar-refractivity contribution in [3.05, 3.63) is 60.4 Å². The predicted molar refractivity (Wildman–Crippen MR) is 107 cm³/mol. The van der Waals surface area contributed by atoms with Crippen LogP contribution in [0.25, 0.3) is 0 Å². The number of para-hydroxylation sites is 1. The van der Waals surface area contributed by atoms with Crippen LogP contribution in [0, 0.1) is 5.82 Å². The summed E-state index contributed by atoms with van der Waals surface area (Å²) in [6.45, 7) is 3.55. The first-order valence-corrected chi connectivity index (χ1v) is 8.97. The molecule has 2 N–H and O–H groups in total. The van der Waals surface area contributed by atoms with Gasteiger partial charge in [-0.15, -0.1) is 0 Å². The maximum Gasteiger partial charge on any atom is 0.243 e. The lowest BCUT2D eigenvalue weighted by Crippen LogP contribution is -2.53. The summed E-state index contributed by atoms with van der Waals surface area (Å²) in [6, 6.07) is 16.0. The monoisotopic (exact) mass is 369 g/mol. The normalized spacial score (nSPS) is 14.8. The first-order valence-electron chi connectivity index (χ1n) is 8.97. The molecule has 6 nitrogen and oxygen atoms in total. The van der Waals surface area contributed by atoms with E-state index in [0.717, 1.165) is 26.2 Å². The molecule has 0 bridgehead atoms. The molecule has 0 aromatic heterocycles. The third-order valence-electron chi connectivity index (χ3n) is 4.45. The summed E-state index contributed by atoms with van der Waals surface area (Å²) in [6.07, 6.45) is 0. The van der Waals surface area contributed by atoms with Gasteiger partial charge in [-0.25, -0.2) is 4.39 Å². The van der Waals surface area contributed by atoms with Crippen molar-refractivity contribution in [2.45, 2.75) is 0 Å². The Morgan fingerprint density at radius 1 is 1.04 bits per heavy atom. The lowest BCUT2D eigenvalue weighted by molar-refractivity contribution is -0.115. The van der Waals surface area contributed by atoms with Crippen LogP contribution in [0.15, 0.2) is 59.6 Å². The van der Waals surface area contributed by atoms with Gasteiger partial charge in [0.15, 0.2) is 5.96 Å². The Morgan fingerprint density at radius 3 is 2.33 bits per heavy atom. The number of nitrogens with zero attached hydrogens (tertiary/aromatic N) is 3. The fourth-order valence-corrected chi connectivity index (χ4v) is 3.05. The number of piperazine rings is 1. The minimum absolute atomic E-state index is 0.100. The van der Waals surface area contributed by atoms with E-state index in [9.17, 15) is 9.18 Å². The predicted octanol–water partition coefficient (Wildman–Crippen LogP) is 2.16. The number of aliphatic imine (C=N–C) groups is 1. The number of benzene rings is 2. The van der Waals surface area contributed by atoms with Crippen molar-refractivity contribution in [3.63, 3.8) is 0 Å². The van der Waals surface area contributed by atoms with Gasteiger partial charge in [-0.1, -0.05) is 18.2 Å². The van der Waals surface area contributed by atoms with Crippen LogP contribution < -0.4 is 15.5 Å². The van der Waals surface area contributed by atoms with Crippen LogP contribution in [-0.2, 0) is 4.79 Å². The number of amides is 1. The molecule has 2 aromatic carbocycles. The van der Waals surface area contributed by atoms with Crippen LogP contribution in [0.1, 0.15) is 0 Å². The van der Waals surface area contributed by atoms with E-state index in [1.165, 1.54) is 30.0 Å². The number of carbonyl (C=O) groups is 1. The zero-order chi connectivity index (χ0) is 19.1. The van der Waals surface area contributed by atoms with Gasteiger partial charge >= 0.3 is 0 Å². The number of nitrogens with one attached hydrogen (secondary N) is 2. The minimum atomic E-state index is -0.332. The molecule has 0 atom stereocenters.